The number of primary amides is 1. The van der Waals surface area contributed by atoms with Gasteiger partial charge in [0.2, 0.25) is 5.91 Å². The number of nitrogens with one attached hydrogen (secondary N) is 1. The molecule has 136 valence electrons. The molecule has 2 unspecified atom stereocenters. The summed E-state index contributed by atoms with van der Waals surface area (Å²) in [4.78, 5) is 34.0. The number of aromatic nitrogens is 2. The van der Waals surface area contributed by atoms with E-state index in [1.807, 2.05) is 0 Å². The number of hydrogen-bond acceptors (Lipinski definition) is 7. The van der Waals surface area contributed by atoms with Gasteiger partial charge in [-0.2, -0.15) is 0 Å². The van der Waals surface area contributed by atoms with Gasteiger partial charge in [-0.05, 0) is 35.9 Å². The van der Waals surface area contributed by atoms with E-state index in [0.717, 1.165) is 0 Å². The number of carbonyl (C=O) groups excluding carboxylic acids is 1. The predicted molar refractivity (Wildman–Crippen MR) is 94.9 cm³/mol. The van der Waals surface area contributed by atoms with E-state index in [1.165, 1.54) is 18.5 Å². The van der Waals surface area contributed by atoms with Gasteiger partial charge in [0.15, 0.2) is 12.0 Å². The summed E-state index contributed by atoms with van der Waals surface area (Å²) in [6.45, 7) is 0. The number of rotatable bonds is 5. The van der Waals surface area contributed by atoms with Crippen molar-refractivity contribution in [1.29, 1.82) is 0 Å². The van der Waals surface area contributed by atoms with Crippen molar-refractivity contribution in [2.75, 3.05) is 10.2 Å². The molecule has 0 bridgehead atoms. The molecule has 3 aromatic rings. The normalized spacial score (nSPS) is 16.4. The lowest BCUT2D eigenvalue weighted by Gasteiger charge is -2.32. The summed E-state index contributed by atoms with van der Waals surface area (Å²) >= 11 is 0. The molecule has 4 rings (SSSR count). The molecule has 0 aromatic carbocycles. The number of fused-ring (bicyclic) bond motifs is 1. The number of carboxylic acid groups (broad SMARTS) is 1. The van der Waals surface area contributed by atoms with Crippen molar-refractivity contribution in [3.05, 3.63) is 72.1 Å². The number of nitrogens with two attached hydrogens (primary N) is 1. The fourth-order valence-corrected chi connectivity index (χ4v) is 3.26. The van der Waals surface area contributed by atoms with E-state index in [9.17, 15) is 14.7 Å². The summed E-state index contributed by atoms with van der Waals surface area (Å²) < 4.78 is 5.50. The van der Waals surface area contributed by atoms with Crippen LogP contribution in [0.4, 0.5) is 11.5 Å². The maximum absolute atomic E-state index is 12.4. The molecule has 4 N–H and O–H groups in total. The van der Waals surface area contributed by atoms with Crippen LogP contribution >= 0.6 is 0 Å². The van der Waals surface area contributed by atoms with E-state index < -0.39 is 24.1 Å². The second-order valence-corrected chi connectivity index (χ2v) is 5.92. The molecule has 1 aliphatic rings. The maximum Gasteiger partial charge on any atom is 0.338 e. The number of nitrogens with zero attached hydrogens (tertiary/aromatic N) is 3. The number of carbonyl (C=O) groups is 2. The van der Waals surface area contributed by atoms with Crippen molar-refractivity contribution in [2.45, 2.75) is 12.2 Å². The van der Waals surface area contributed by atoms with Crippen molar-refractivity contribution in [3.8, 4) is 0 Å². The zero-order valence-electron chi connectivity index (χ0n) is 13.9. The first-order valence-electron chi connectivity index (χ1n) is 8.07. The third kappa shape index (κ3) is 2.74. The Balaban J connectivity index is 1.94. The minimum Gasteiger partial charge on any atom is -0.478 e. The fraction of sp³-hybridized carbons (Fsp3) is 0.111. The van der Waals surface area contributed by atoms with Crippen LogP contribution in [0.1, 0.15) is 33.9 Å². The van der Waals surface area contributed by atoms with Gasteiger partial charge in [0.25, 0.3) is 0 Å². The molecule has 0 fully saturated rings. The zero-order valence-corrected chi connectivity index (χ0v) is 13.9. The fourth-order valence-electron chi connectivity index (χ4n) is 3.26. The van der Waals surface area contributed by atoms with Crippen LogP contribution in [0.3, 0.4) is 0 Å². The highest BCUT2D eigenvalue weighted by Crippen LogP contribution is 2.46. The Bertz CT molecular complexity index is 990. The van der Waals surface area contributed by atoms with E-state index >= 15 is 0 Å². The first-order chi connectivity index (χ1) is 13.1. The van der Waals surface area contributed by atoms with Gasteiger partial charge in [-0.15, -0.1) is 0 Å². The van der Waals surface area contributed by atoms with Crippen molar-refractivity contribution >= 4 is 23.4 Å². The highest BCUT2D eigenvalue weighted by Gasteiger charge is 2.42. The Morgan fingerprint density at radius 1 is 1.22 bits per heavy atom. The van der Waals surface area contributed by atoms with Crippen LogP contribution in [0.5, 0.6) is 0 Å². The topological polar surface area (TPSA) is 135 Å². The van der Waals surface area contributed by atoms with Gasteiger partial charge in [0.05, 0.1) is 17.5 Å². The van der Waals surface area contributed by atoms with Crippen LogP contribution in [0.15, 0.2) is 59.6 Å². The van der Waals surface area contributed by atoms with Gasteiger partial charge >= 0.3 is 5.97 Å². The van der Waals surface area contributed by atoms with E-state index in [-0.39, 0.29) is 11.3 Å². The second-order valence-electron chi connectivity index (χ2n) is 5.92. The highest BCUT2D eigenvalue weighted by molar-refractivity contribution is 6.00. The van der Waals surface area contributed by atoms with Crippen molar-refractivity contribution in [3.63, 3.8) is 0 Å². The number of aromatic carboxylic acids is 1. The monoisotopic (exact) mass is 365 g/mol. The molecule has 0 saturated heterocycles. The first kappa shape index (κ1) is 16.6. The molecule has 1 aliphatic heterocycles. The SMILES string of the molecule is NC(=O)C(c1ccncc1)N1c2c(C(=O)O)ccnc2NC1c1ccco1. The minimum atomic E-state index is -1.14. The van der Waals surface area contributed by atoms with Crippen molar-refractivity contribution < 1.29 is 19.1 Å². The van der Waals surface area contributed by atoms with Crippen LogP contribution in [0.25, 0.3) is 0 Å². The van der Waals surface area contributed by atoms with Gasteiger partial charge in [-0.1, -0.05) is 0 Å². The Labute approximate surface area is 153 Å². The van der Waals surface area contributed by atoms with Crippen LogP contribution in [-0.2, 0) is 4.79 Å². The molecule has 4 heterocycles. The van der Waals surface area contributed by atoms with Crippen LogP contribution in [0.2, 0.25) is 0 Å². The Hall–Kier alpha value is -3.88. The average Bonchev–Trinajstić information content (AvgIpc) is 3.30. The van der Waals surface area contributed by atoms with E-state index in [0.29, 0.717) is 17.1 Å². The van der Waals surface area contributed by atoms with Gasteiger partial charge in [0.1, 0.15) is 11.8 Å². The summed E-state index contributed by atoms with van der Waals surface area (Å²) in [6.07, 6.45) is 5.31. The smallest absolute Gasteiger partial charge is 0.338 e. The van der Waals surface area contributed by atoms with Gasteiger partial charge < -0.3 is 25.5 Å². The Kier molecular flexibility index (Phi) is 3.96. The molecular weight excluding hydrogens is 350 g/mol. The lowest BCUT2D eigenvalue weighted by molar-refractivity contribution is -0.119. The molecular formula is C18H15N5O4. The van der Waals surface area contributed by atoms with Gasteiger partial charge in [-0.3, -0.25) is 9.78 Å². The first-order valence-corrected chi connectivity index (χ1v) is 8.07. The molecule has 1 amide bonds. The number of furan rings is 1. The summed E-state index contributed by atoms with van der Waals surface area (Å²) in [5.41, 5.74) is 6.57. The third-order valence-electron chi connectivity index (χ3n) is 4.35. The van der Waals surface area contributed by atoms with Crippen LogP contribution < -0.4 is 16.0 Å². The van der Waals surface area contributed by atoms with E-state index in [2.05, 4.69) is 15.3 Å². The molecule has 0 spiro atoms. The standard InChI is InChI=1S/C18H15N5O4/c19-15(24)13(10-3-6-20-7-4-10)23-14-11(18(25)26)5-8-21-16(14)22-17(23)12-2-1-9-27-12/h1-9,13,17H,(H2,19,24)(H,21,22)(H,25,26). The molecule has 2 atom stereocenters. The van der Waals surface area contributed by atoms with Crippen LogP contribution in [0, 0.1) is 0 Å². The Morgan fingerprint density at radius 3 is 2.63 bits per heavy atom. The number of carboxylic acids is 1. The number of anilines is 2. The summed E-state index contributed by atoms with van der Waals surface area (Å²) in [7, 11) is 0. The summed E-state index contributed by atoms with van der Waals surface area (Å²) in [5.74, 6) is -0.965. The molecule has 9 nitrogen and oxygen atoms in total. The van der Waals surface area contributed by atoms with Crippen molar-refractivity contribution in [1.82, 2.24) is 9.97 Å². The summed E-state index contributed by atoms with van der Waals surface area (Å²) in [5, 5.41) is 12.8. The maximum atomic E-state index is 12.4. The highest BCUT2D eigenvalue weighted by atomic mass is 16.4. The largest absolute Gasteiger partial charge is 0.478 e. The minimum absolute atomic E-state index is 0.00172. The lowest BCUT2D eigenvalue weighted by Crippen LogP contribution is -2.40. The summed E-state index contributed by atoms with van der Waals surface area (Å²) in [6, 6.07) is 7.16. The predicted octanol–water partition coefficient (Wildman–Crippen LogP) is 1.93. The molecule has 0 radical (unpaired) electrons. The molecule has 3 aromatic heterocycles. The van der Waals surface area contributed by atoms with E-state index in [1.54, 1.807) is 41.6 Å². The second kappa shape index (κ2) is 6.45. The lowest BCUT2D eigenvalue weighted by atomic mass is 10.0. The molecule has 0 saturated carbocycles. The average molecular weight is 365 g/mol. The Morgan fingerprint density at radius 2 is 2.00 bits per heavy atom. The number of pyridine rings is 2. The van der Waals surface area contributed by atoms with Gasteiger partial charge in [0, 0.05) is 18.6 Å². The van der Waals surface area contributed by atoms with Gasteiger partial charge in [-0.25, -0.2) is 9.78 Å². The van der Waals surface area contributed by atoms with Crippen LogP contribution in [-0.4, -0.2) is 27.0 Å². The number of amides is 1. The molecule has 9 heteroatoms. The molecule has 27 heavy (non-hydrogen) atoms. The number of hydrogen-bond donors (Lipinski definition) is 3. The zero-order chi connectivity index (χ0) is 19.0. The van der Waals surface area contributed by atoms with E-state index in [4.69, 9.17) is 10.2 Å². The van der Waals surface area contributed by atoms with Crippen molar-refractivity contribution in [2.24, 2.45) is 5.73 Å². The quantitative estimate of drug-likeness (QED) is 0.624. The molecule has 0 aliphatic carbocycles. The third-order valence-corrected chi connectivity index (χ3v) is 4.35.